The van der Waals surface area contributed by atoms with Gasteiger partial charge in [0.05, 0.1) is 16.0 Å². The second kappa shape index (κ2) is 4.91. The Bertz CT molecular complexity index is 400. The van der Waals surface area contributed by atoms with Gasteiger partial charge in [0.25, 0.3) is 0 Å². The molecule has 1 aromatic carbocycles. The molecule has 1 aromatic rings. The summed E-state index contributed by atoms with van der Waals surface area (Å²) in [5.41, 5.74) is 0. The molecule has 3 atom stereocenters. The molecule has 1 aliphatic carbocycles. The number of benzene rings is 1. The fraction of sp³-hybridized carbons (Fsp3) is 0.462. The van der Waals surface area contributed by atoms with Gasteiger partial charge >= 0.3 is 0 Å². The molecule has 0 spiro atoms. The van der Waals surface area contributed by atoms with Crippen LogP contribution >= 0.6 is 0 Å². The molecule has 86 valence electrons. The Labute approximate surface area is 98.5 Å². The van der Waals surface area contributed by atoms with Crippen LogP contribution in [0.25, 0.3) is 0 Å². The minimum absolute atomic E-state index is 0.168. The normalized spacial score (nSPS) is 27.7. The van der Waals surface area contributed by atoms with Crippen molar-refractivity contribution >= 4 is 16.6 Å². The summed E-state index contributed by atoms with van der Waals surface area (Å²) >= 11 is 0. The molecule has 1 saturated carbocycles. The summed E-state index contributed by atoms with van der Waals surface area (Å²) < 4.78 is 12.2. The number of hydrogen-bond acceptors (Lipinski definition) is 2. The third kappa shape index (κ3) is 2.40. The van der Waals surface area contributed by atoms with E-state index in [1.807, 2.05) is 30.3 Å². The quantitative estimate of drug-likeness (QED) is 0.791. The van der Waals surface area contributed by atoms with Crippen molar-refractivity contribution in [1.29, 1.82) is 0 Å². The van der Waals surface area contributed by atoms with E-state index in [9.17, 15) is 9.00 Å². The molecule has 1 aliphatic rings. The van der Waals surface area contributed by atoms with Crippen molar-refractivity contribution in [3.63, 3.8) is 0 Å². The van der Waals surface area contributed by atoms with Gasteiger partial charge < -0.3 is 0 Å². The van der Waals surface area contributed by atoms with Crippen molar-refractivity contribution < 1.29 is 9.00 Å². The van der Waals surface area contributed by atoms with Gasteiger partial charge in [0.2, 0.25) is 0 Å². The lowest BCUT2D eigenvalue weighted by Gasteiger charge is -2.24. The van der Waals surface area contributed by atoms with Crippen LogP contribution in [0.2, 0.25) is 0 Å². The Hall–Kier alpha value is -0.960. The summed E-state index contributed by atoms with van der Waals surface area (Å²) in [7, 11) is -1.16. The van der Waals surface area contributed by atoms with Crippen molar-refractivity contribution in [2.75, 3.05) is 0 Å². The second-order valence-corrected chi connectivity index (χ2v) is 6.09. The molecule has 1 unspecified atom stereocenters. The molecule has 2 nitrogen and oxygen atoms in total. The van der Waals surface area contributed by atoms with Crippen LogP contribution in [0.3, 0.4) is 0 Å². The molecule has 0 amide bonds. The average Bonchev–Trinajstić information content (AvgIpc) is 2.29. The van der Waals surface area contributed by atoms with E-state index in [0.717, 1.165) is 17.7 Å². The summed E-state index contributed by atoms with van der Waals surface area (Å²) in [4.78, 5) is 12.6. The van der Waals surface area contributed by atoms with Crippen LogP contribution in [0.4, 0.5) is 0 Å². The Morgan fingerprint density at radius 1 is 1.19 bits per heavy atom. The molecule has 3 heteroatoms. The summed E-state index contributed by atoms with van der Waals surface area (Å²) in [6, 6.07) is 9.29. The van der Waals surface area contributed by atoms with Crippen LogP contribution in [0.15, 0.2) is 35.2 Å². The van der Waals surface area contributed by atoms with Crippen LogP contribution < -0.4 is 0 Å². The number of rotatable bonds is 2. The van der Waals surface area contributed by atoms with Crippen LogP contribution in [0.5, 0.6) is 0 Å². The number of ketones is 1. The molecule has 0 aromatic heterocycles. The van der Waals surface area contributed by atoms with Gasteiger partial charge in [0, 0.05) is 11.3 Å². The highest BCUT2D eigenvalue weighted by molar-refractivity contribution is 7.86. The van der Waals surface area contributed by atoms with E-state index < -0.39 is 10.8 Å². The zero-order chi connectivity index (χ0) is 11.5. The lowest BCUT2D eigenvalue weighted by molar-refractivity contribution is -0.120. The summed E-state index contributed by atoms with van der Waals surface area (Å²) in [5, 5.41) is -0.279. The molecule has 2 rings (SSSR count). The van der Waals surface area contributed by atoms with Crippen LogP contribution in [-0.2, 0) is 15.6 Å². The second-order valence-electron chi connectivity index (χ2n) is 4.45. The van der Waals surface area contributed by atoms with Gasteiger partial charge in [-0.05, 0) is 30.9 Å². The average molecular weight is 236 g/mol. The van der Waals surface area contributed by atoms with Crippen molar-refractivity contribution in [1.82, 2.24) is 0 Å². The van der Waals surface area contributed by atoms with E-state index in [0.29, 0.717) is 12.3 Å². The highest BCUT2D eigenvalue weighted by atomic mass is 32.2. The first-order valence-electron chi connectivity index (χ1n) is 5.67. The van der Waals surface area contributed by atoms with E-state index in [1.54, 1.807) is 0 Å². The molecular weight excluding hydrogens is 220 g/mol. The third-order valence-corrected chi connectivity index (χ3v) is 4.82. The van der Waals surface area contributed by atoms with Crippen LogP contribution in [0.1, 0.15) is 26.2 Å². The van der Waals surface area contributed by atoms with Gasteiger partial charge in [-0.3, -0.25) is 9.00 Å². The van der Waals surface area contributed by atoms with Gasteiger partial charge in [0.15, 0.2) is 0 Å². The van der Waals surface area contributed by atoms with Crippen molar-refractivity contribution in [3.05, 3.63) is 30.3 Å². The van der Waals surface area contributed by atoms with Crippen LogP contribution in [-0.4, -0.2) is 15.2 Å². The zero-order valence-corrected chi connectivity index (χ0v) is 10.2. The van der Waals surface area contributed by atoms with Gasteiger partial charge in [-0.1, -0.05) is 25.1 Å². The maximum absolute atomic E-state index is 12.2. The summed E-state index contributed by atoms with van der Waals surface area (Å²) in [5.74, 6) is 0.623. The van der Waals surface area contributed by atoms with Gasteiger partial charge in [-0.25, -0.2) is 0 Å². The molecule has 0 aliphatic heterocycles. The lowest BCUT2D eigenvalue weighted by atomic mass is 9.89. The predicted molar refractivity (Wildman–Crippen MR) is 64.7 cm³/mol. The molecule has 16 heavy (non-hydrogen) atoms. The van der Waals surface area contributed by atoms with Gasteiger partial charge in [-0.15, -0.1) is 0 Å². The fourth-order valence-corrected chi connectivity index (χ4v) is 3.56. The highest BCUT2D eigenvalue weighted by Gasteiger charge is 2.31. The summed E-state index contributed by atoms with van der Waals surface area (Å²) in [6.45, 7) is 2.08. The Kier molecular flexibility index (Phi) is 3.54. The van der Waals surface area contributed by atoms with E-state index in [-0.39, 0.29) is 11.0 Å². The molecule has 0 radical (unpaired) electrons. The van der Waals surface area contributed by atoms with Crippen LogP contribution in [0, 0.1) is 5.92 Å². The monoisotopic (exact) mass is 236 g/mol. The first-order valence-corrected chi connectivity index (χ1v) is 6.88. The number of carbonyl (C=O) groups is 1. The van der Waals surface area contributed by atoms with E-state index in [4.69, 9.17) is 0 Å². The van der Waals surface area contributed by atoms with Gasteiger partial charge in [0.1, 0.15) is 5.78 Å². The van der Waals surface area contributed by atoms with Crippen molar-refractivity contribution in [2.45, 2.75) is 36.3 Å². The highest BCUT2D eigenvalue weighted by Crippen LogP contribution is 2.26. The maximum Gasteiger partial charge on any atom is 0.149 e. The van der Waals surface area contributed by atoms with Crippen molar-refractivity contribution in [2.24, 2.45) is 5.92 Å². The summed E-state index contributed by atoms with van der Waals surface area (Å²) in [6.07, 6.45) is 2.36. The van der Waals surface area contributed by atoms with E-state index in [1.165, 1.54) is 0 Å². The largest absolute Gasteiger partial charge is 0.298 e. The molecule has 1 fully saturated rings. The van der Waals surface area contributed by atoms with Gasteiger partial charge in [-0.2, -0.15) is 0 Å². The van der Waals surface area contributed by atoms with E-state index in [2.05, 4.69) is 6.92 Å². The van der Waals surface area contributed by atoms with E-state index >= 15 is 0 Å². The topological polar surface area (TPSA) is 34.1 Å². The third-order valence-electron chi connectivity index (χ3n) is 3.06. The minimum Gasteiger partial charge on any atom is -0.298 e. The standard InChI is InChI=1S/C13H16O2S/c1-10-7-8-13(12(14)9-10)16(15)11-5-3-2-4-6-11/h2-6,10,13H,7-9H2,1H3/t10-,13-,16?/m1/s1. The number of carbonyl (C=O) groups excluding carboxylic acids is 1. The maximum atomic E-state index is 12.2. The first kappa shape index (κ1) is 11.5. The zero-order valence-electron chi connectivity index (χ0n) is 9.39. The minimum atomic E-state index is -1.16. The fourth-order valence-electron chi connectivity index (χ4n) is 2.12. The molecule has 0 heterocycles. The van der Waals surface area contributed by atoms with Crippen molar-refractivity contribution in [3.8, 4) is 0 Å². The smallest absolute Gasteiger partial charge is 0.149 e. The number of Topliss-reactive ketones (excluding diaryl/α,β-unsaturated/α-hetero) is 1. The first-order chi connectivity index (χ1) is 7.68. The Morgan fingerprint density at radius 3 is 2.50 bits per heavy atom. The molecule has 0 saturated heterocycles. The SMILES string of the molecule is C[C@@H]1CC[C@@H](S(=O)c2ccccc2)C(=O)C1. The number of hydrogen-bond donors (Lipinski definition) is 0. The molecular formula is C13H16O2S. The molecule has 0 bridgehead atoms. The Morgan fingerprint density at radius 2 is 1.88 bits per heavy atom. The predicted octanol–water partition coefficient (Wildman–Crippen LogP) is 2.55. The lowest BCUT2D eigenvalue weighted by Crippen LogP contribution is -2.32. The molecule has 0 N–H and O–H groups in total. The Balaban J connectivity index is 2.14.